The second-order valence-electron chi connectivity index (χ2n) is 3.70. The minimum absolute atomic E-state index is 0.330. The lowest BCUT2D eigenvalue weighted by Crippen LogP contribution is -2.28. The van der Waals surface area contributed by atoms with Crippen LogP contribution in [0, 0.1) is 6.92 Å². The molecule has 15 heavy (non-hydrogen) atoms. The van der Waals surface area contributed by atoms with Crippen molar-refractivity contribution in [3.05, 3.63) is 28.4 Å². The third-order valence-electron chi connectivity index (χ3n) is 2.34. The van der Waals surface area contributed by atoms with E-state index in [0.29, 0.717) is 6.10 Å². The van der Waals surface area contributed by atoms with Gasteiger partial charge in [0.25, 0.3) is 0 Å². The molecule has 1 aromatic rings. The lowest BCUT2D eigenvalue weighted by atomic mass is 10.1. The largest absolute Gasteiger partial charge is 0.497 e. The van der Waals surface area contributed by atoms with Crippen molar-refractivity contribution < 1.29 is 4.74 Å². The van der Waals surface area contributed by atoms with Gasteiger partial charge < -0.3 is 10.1 Å². The van der Waals surface area contributed by atoms with Gasteiger partial charge in [0, 0.05) is 24.2 Å². The van der Waals surface area contributed by atoms with Crippen LogP contribution in [0.15, 0.2) is 18.5 Å². The zero-order chi connectivity index (χ0) is 10.5. The number of nitrogens with zero attached hydrogens (tertiary/aromatic N) is 1. The van der Waals surface area contributed by atoms with Crippen molar-refractivity contribution in [3.8, 4) is 0 Å². The van der Waals surface area contributed by atoms with Crippen LogP contribution in [0.2, 0.25) is 0 Å². The van der Waals surface area contributed by atoms with E-state index < -0.39 is 0 Å². The highest BCUT2D eigenvalue weighted by Gasteiger charge is 2.10. The number of rotatable bonds is 4. The lowest BCUT2D eigenvalue weighted by Gasteiger charge is -2.19. The third-order valence-corrected chi connectivity index (χ3v) is 3.25. The van der Waals surface area contributed by atoms with Crippen molar-refractivity contribution in [1.29, 1.82) is 0 Å². The van der Waals surface area contributed by atoms with E-state index in [1.807, 2.05) is 12.5 Å². The average molecular weight is 224 g/mol. The quantitative estimate of drug-likeness (QED) is 0.851. The van der Waals surface area contributed by atoms with Crippen molar-refractivity contribution in [2.45, 2.75) is 32.4 Å². The molecule has 0 aliphatic carbocycles. The van der Waals surface area contributed by atoms with E-state index in [4.69, 9.17) is 4.74 Å². The molecule has 0 spiro atoms. The Morgan fingerprint density at radius 1 is 1.67 bits per heavy atom. The SMILES string of the molecule is Cc1cnc(CNCC2CCC=CO2)s1. The molecule has 1 aromatic heterocycles. The van der Waals surface area contributed by atoms with Gasteiger partial charge in [-0.1, -0.05) is 0 Å². The standard InChI is InChI=1S/C11H16N2OS/c1-9-6-13-11(15-9)8-12-7-10-4-2-3-5-14-10/h3,5-6,10,12H,2,4,7-8H2,1H3. The molecule has 0 saturated heterocycles. The second kappa shape index (κ2) is 5.28. The molecule has 0 bridgehead atoms. The molecular weight excluding hydrogens is 208 g/mol. The molecule has 82 valence electrons. The molecule has 4 heteroatoms. The molecule has 1 atom stereocenters. The van der Waals surface area contributed by atoms with Crippen LogP contribution >= 0.6 is 11.3 Å². The van der Waals surface area contributed by atoms with Gasteiger partial charge in [0.2, 0.25) is 0 Å². The molecular formula is C11H16N2OS. The predicted octanol–water partition coefficient (Wildman–Crippen LogP) is 2.23. The van der Waals surface area contributed by atoms with E-state index in [1.165, 1.54) is 4.88 Å². The normalized spacial score (nSPS) is 20.2. The van der Waals surface area contributed by atoms with Crippen LogP contribution in [-0.2, 0) is 11.3 Å². The first-order valence-electron chi connectivity index (χ1n) is 5.27. The van der Waals surface area contributed by atoms with E-state index in [0.717, 1.165) is 30.9 Å². The smallest absolute Gasteiger partial charge is 0.110 e. The van der Waals surface area contributed by atoms with Crippen molar-refractivity contribution in [2.24, 2.45) is 0 Å². The zero-order valence-corrected chi connectivity index (χ0v) is 9.72. The summed E-state index contributed by atoms with van der Waals surface area (Å²) in [7, 11) is 0. The Kier molecular flexibility index (Phi) is 3.75. The first-order chi connectivity index (χ1) is 7.34. The number of aryl methyl sites for hydroxylation is 1. The minimum Gasteiger partial charge on any atom is -0.497 e. The molecule has 0 fully saturated rings. The number of hydrogen-bond acceptors (Lipinski definition) is 4. The van der Waals surface area contributed by atoms with Gasteiger partial charge in [-0.25, -0.2) is 4.98 Å². The molecule has 0 radical (unpaired) electrons. The maximum Gasteiger partial charge on any atom is 0.110 e. The molecule has 0 saturated carbocycles. The van der Waals surface area contributed by atoms with Crippen LogP contribution in [0.4, 0.5) is 0 Å². The second-order valence-corrected chi connectivity index (χ2v) is 5.02. The van der Waals surface area contributed by atoms with Gasteiger partial charge >= 0.3 is 0 Å². The number of allylic oxidation sites excluding steroid dienone is 1. The van der Waals surface area contributed by atoms with Crippen molar-refractivity contribution >= 4 is 11.3 Å². The Morgan fingerprint density at radius 3 is 3.27 bits per heavy atom. The topological polar surface area (TPSA) is 34.2 Å². The summed E-state index contributed by atoms with van der Waals surface area (Å²) in [6.45, 7) is 3.83. The van der Waals surface area contributed by atoms with Gasteiger partial charge in [-0.3, -0.25) is 0 Å². The molecule has 1 unspecified atom stereocenters. The van der Waals surface area contributed by atoms with Crippen molar-refractivity contribution in [3.63, 3.8) is 0 Å². The van der Waals surface area contributed by atoms with Crippen LogP contribution < -0.4 is 5.32 Å². The number of hydrogen-bond donors (Lipinski definition) is 1. The highest BCUT2D eigenvalue weighted by Crippen LogP contribution is 2.12. The molecule has 0 aromatic carbocycles. The summed E-state index contributed by atoms with van der Waals surface area (Å²) >= 11 is 1.75. The van der Waals surface area contributed by atoms with E-state index in [2.05, 4.69) is 23.3 Å². The van der Waals surface area contributed by atoms with Gasteiger partial charge in [-0.15, -0.1) is 11.3 Å². The van der Waals surface area contributed by atoms with Gasteiger partial charge in [0.1, 0.15) is 11.1 Å². The fourth-order valence-corrected chi connectivity index (χ4v) is 2.32. The monoisotopic (exact) mass is 224 g/mol. The maximum absolute atomic E-state index is 5.46. The average Bonchev–Trinajstić information content (AvgIpc) is 2.66. The fourth-order valence-electron chi connectivity index (χ4n) is 1.56. The summed E-state index contributed by atoms with van der Waals surface area (Å²) in [6.07, 6.45) is 8.37. The first-order valence-corrected chi connectivity index (χ1v) is 6.09. The van der Waals surface area contributed by atoms with Crippen LogP contribution in [0.25, 0.3) is 0 Å². The number of ether oxygens (including phenoxy) is 1. The molecule has 1 aliphatic heterocycles. The lowest BCUT2D eigenvalue weighted by molar-refractivity contribution is 0.122. The van der Waals surface area contributed by atoms with Crippen molar-refractivity contribution in [2.75, 3.05) is 6.54 Å². The Balaban J connectivity index is 1.68. The zero-order valence-electron chi connectivity index (χ0n) is 8.90. The van der Waals surface area contributed by atoms with E-state index in [1.54, 1.807) is 11.3 Å². The number of thiazole rings is 1. The third kappa shape index (κ3) is 3.32. The van der Waals surface area contributed by atoms with Crippen LogP contribution in [0.3, 0.4) is 0 Å². The molecule has 3 nitrogen and oxygen atoms in total. The summed E-state index contributed by atoms with van der Waals surface area (Å²) in [5, 5.41) is 4.53. The summed E-state index contributed by atoms with van der Waals surface area (Å²) < 4.78 is 5.46. The van der Waals surface area contributed by atoms with Gasteiger partial charge in [-0.2, -0.15) is 0 Å². The number of nitrogens with one attached hydrogen (secondary N) is 1. The Hall–Kier alpha value is -0.870. The highest BCUT2D eigenvalue weighted by molar-refractivity contribution is 7.11. The Bertz CT molecular complexity index is 335. The number of aromatic nitrogens is 1. The van der Waals surface area contributed by atoms with Gasteiger partial charge in [0.15, 0.2) is 0 Å². The van der Waals surface area contributed by atoms with E-state index >= 15 is 0 Å². The summed E-state index contributed by atoms with van der Waals surface area (Å²) in [4.78, 5) is 5.57. The van der Waals surface area contributed by atoms with Crippen molar-refractivity contribution in [1.82, 2.24) is 10.3 Å². The summed E-state index contributed by atoms with van der Waals surface area (Å²) in [5.74, 6) is 0. The Labute approximate surface area is 94.2 Å². The molecule has 1 aliphatic rings. The van der Waals surface area contributed by atoms with Gasteiger partial charge in [-0.05, 0) is 25.8 Å². The Morgan fingerprint density at radius 2 is 2.60 bits per heavy atom. The van der Waals surface area contributed by atoms with E-state index in [-0.39, 0.29) is 0 Å². The van der Waals surface area contributed by atoms with E-state index in [9.17, 15) is 0 Å². The van der Waals surface area contributed by atoms with Crippen LogP contribution in [-0.4, -0.2) is 17.6 Å². The molecule has 1 N–H and O–H groups in total. The summed E-state index contributed by atoms with van der Waals surface area (Å²) in [5.41, 5.74) is 0. The minimum atomic E-state index is 0.330. The summed E-state index contributed by atoms with van der Waals surface area (Å²) in [6, 6.07) is 0. The fraction of sp³-hybridized carbons (Fsp3) is 0.545. The van der Waals surface area contributed by atoms with Crippen LogP contribution in [0.5, 0.6) is 0 Å². The highest BCUT2D eigenvalue weighted by atomic mass is 32.1. The predicted molar refractivity (Wildman–Crippen MR) is 61.8 cm³/mol. The van der Waals surface area contributed by atoms with Crippen LogP contribution in [0.1, 0.15) is 22.7 Å². The molecule has 2 heterocycles. The first kappa shape index (κ1) is 10.6. The van der Waals surface area contributed by atoms with Gasteiger partial charge in [0.05, 0.1) is 6.26 Å². The maximum atomic E-state index is 5.46. The molecule has 0 amide bonds. The molecule has 2 rings (SSSR count).